The first kappa shape index (κ1) is 10.1. The highest BCUT2D eigenvalue weighted by Gasteiger charge is 2.23. The zero-order chi connectivity index (χ0) is 9.35. The summed E-state index contributed by atoms with van der Waals surface area (Å²) < 4.78 is 13.3. The molecule has 0 aliphatic heterocycles. The fourth-order valence-electron chi connectivity index (χ4n) is 0.780. The Labute approximate surface area is 79.4 Å². The van der Waals surface area contributed by atoms with Gasteiger partial charge in [-0.3, -0.25) is 0 Å². The largest absolute Gasteiger partial charge is 0.246 e. The zero-order valence-electron chi connectivity index (χ0n) is 7.47. The van der Waals surface area contributed by atoms with Gasteiger partial charge in [0.25, 0.3) is 0 Å². The molecule has 0 spiro atoms. The second-order valence-corrected chi connectivity index (χ2v) is 5.44. The highest BCUT2D eigenvalue weighted by atomic mass is 32.1. The van der Waals surface area contributed by atoms with Crippen LogP contribution in [0.25, 0.3) is 0 Å². The van der Waals surface area contributed by atoms with Gasteiger partial charge in [-0.2, -0.15) is 0 Å². The van der Waals surface area contributed by atoms with Gasteiger partial charge >= 0.3 is 0 Å². The number of hydrogen-bond donors (Lipinski definition) is 0. The maximum Gasteiger partial charge on any atom is 0.164 e. The van der Waals surface area contributed by atoms with E-state index in [9.17, 15) is 4.39 Å². The van der Waals surface area contributed by atoms with Gasteiger partial charge in [0.05, 0.1) is 0 Å². The molecule has 0 aromatic carbocycles. The summed E-state index contributed by atoms with van der Waals surface area (Å²) in [6.45, 7) is 4.16. The molecule has 5 heteroatoms. The molecule has 0 N–H and O–H groups in total. The molecule has 12 heavy (non-hydrogen) atoms. The van der Waals surface area contributed by atoms with Gasteiger partial charge in [-0.25, -0.2) is 9.37 Å². The first-order valence-electron chi connectivity index (χ1n) is 3.85. The van der Waals surface area contributed by atoms with Gasteiger partial charge in [-0.1, -0.05) is 23.1 Å². The minimum Gasteiger partial charge on any atom is -0.246 e. The number of nitrogens with zero attached hydrogens (tertiary/aromatic N) is 1. The third-order valence-electron chi connectivity index (χ3n) is 1.51. The number of halogens is 1. The number of thiazole rings is 1. The average molecular weight is 203 g/mol. The summed E-state index contributed by atoms with van der Waals surface area (Å²) in [6, 6.07) is 0. The topological polar surface area (TPSA) is 12.9 Å². The van der Waals surface area contributed by atoms with Crippen molar-refractivity contribution in [2.45, 2.75) is 25.1 Å². The molecular formula is C7H12BFNPS. The fourth-order valence-corrected chi connectivity index (χ4v) is 1.90. The van der Waals surface area contributed by atoms with Gasteiger partial charge in [0, 0.05) is 11.1 Å². The van der Waals surface area contributed by atoms with Crippen molar-refractivity contribution >= 4 is 28.4 Å². The lowest BCUT2D eigenvalue weighted by molar-refractivity contribution is 0.412. The van der Waals surface area contributed by atoms with Crippen LogP contribution in [-0.4, -0.2) is 12.8 Å². The first-order valence-corrected chi connectivity index (χ1v) is 5.24. The van der Waals surface area contributed by atoms with Gasteiger partial charge in [0.2, 0.25) is 0 Å². The van der Waals surface area contributed by atoms with Crippen molar-refractivity contribution in [1.29, 1.82) is 0 Å². The van der Waals surface area contributed by atoms with Crippen LogP contribution in [0.15, 0.2) is 6.20 Å². The van der Waals surface area contributed by atoms with E-state index in [2.05, 4.69) is 28.1 Å². The maximum absolute atomic E-state index is 13.3. The van der Waals surface area contributed by atoms with Crippen LogP contribution in [-0.2, 0) is 5.31 Å². The van der Waals surface area contributed by atoms with Crippen LogP contribution in [0.3, 0.4) is 0 Å². The molecule has 2 unspecified atom stereocenters. The van der Waals surface area contributed by atoms with Crippen LogP contribution in [0.2, 0.25) is 0 Å². The van der Waals surface area contributed by atoms with E-state index in [0.29, 0.717) is 10.9 Å². The van der Waals surface area contributed by atoms with Crippen LogP contribution < -0.4 is 0 Å². The molecule has 2 atom stereocenters. The van der Waals surface area contributed by atoms with E-state index in [1.165, 1.54) is 19.2 Å². The van der Waals surface area contributed by atoms with Crippen LogP contribution in [0.5, 0.6) is 0 Å². The van der Waals surface area contributed by atoms with Gasteiger partial charge in [-0.15, -0.1) is 11.3 Å². The number of rotatable bonds is 2. The van der Waals surface area contributed by atoms with E-state index in [4.69, 9.17) is 0 Å². The number of hydrogen-bond acceptors (Lipinski definition) is 2. The Balaban J connectivity index is 2.92. The molecule has 0 fully saturated rings. The third-order valence-corrected chi connectivity index (χ3v) is 3.50. The molecule has 0 radical (unpaired) electrons. The van der Waals surface area contributed by atoms with Crippen molar-refractivity contribution in [3.05, 3.63) is 16.1 Å². The van der Waals surface area contributed by atoms with E-state index >= 15 is 0 Å². The van der Waals surface area contributed by atoms with Gasteiger partial charge < -0.3 is 0 Å². The lowest BCUT2D eigenvalue weighted by Gasteiger charge is -2.08. The predicted molar refractivity (Wildman–Crippen MR) is 57.2 cm³/mol. The summed E-state index contributed by atoms with van der Waals surface area (Å²) in [5.74, 6) is 0.434. The molecule has 1 rings (SSSR count). The Morgan fingerprint density at radius 1 is 1.75 bits per heavy atom. The van der Waals surface area contributed by atoms with Gasteiger partial charge in [0.1, 0.15) is 10.3 Å². The Morgan fingerprint density at radius 3 is 2.58 bits per heavy atom. The molecule has 66 valence electrons. The van der Waals surface area contributed by atoms with Crippen molar-refractivity contribution in [1.82, 2.24) is 4.98 Å². The minimum atomic E-state index is -1.38. The van der Waals surface area contributed by atoms with Crippen LogP contribution >= 0.6 is 20.6 Å². The predicted octanol–water partition coefficient (Wildman–Crippen LogP) is 1.85. The van der Waals surface area contributed by atoms with Crippen molar-refractivity contribution in [3.63, 3.8) is 0 Å². The average Bonchev–Trinajstić information content (AvgIpc) is 2.30. The summed E-state index contributed by atoms with van der Waals surface area (Å²) in [7, 11) is 3.66. The normalized spacial score (nSPS) is 16.4. The monoisotopic (exact) mass is 203 g/mol. The molecule has 0 aliphatic carbocycles. The smallest absolute Gasteiger partial charge is 0.164 e. The van der Waals surface area contributed by atoms with Gasteiger partial charge in [0.15, 0.2) is 7.85 Å². The molecule has 0 saturated heterocycles. The second kappa shape index (κ2) is 3.43. The van der Waals surface area contributed by atoms with Crippen molar-refractivity contribution in [3.8, 4) is 0 Å². The van der Waals surface area contributed by atoms with Crippen LogP contribution in [0.4, 0.5) is 4.39 Å². The molecule has 0 saturated carbocycles. The molecule has 0 amide bonds. The Bertz CT molecular complexity index is 269. The van der Waals surface area contributed by atoms with E-state index in [0.717, 1.165) is 4.88 Å². The van der Waals surface area contributed by atoms with E-state index in [1.54, 1.807) is 6.20 Å². The standard InChI is InChI=1S/C7H12BFNPS/c1-4(2)5-3-10-6(12-5)7(8,9)11/h3-4H,8,11H2,1-2H3. The van der Waals surface area contributed by atoms with Crippen molar-refractivity contribution in [2.24, 2.45) is 0 Å². The highest BCUT2D eigenvalue weighted by molar-refractivity contribution is 7.24. The minimum absolute atomic E-state index is 0.434. The lowest BCUT2D eigenvalue weighted by atomic mass is 10.0. The maximum atomic E-state index is 13.3. The van der Waals surface area contributed by atoms with E-state index in [1.807, 2.05) is 0 Å². The van der Waals surface area contributed by atoms with Crippen LogP contribution in [0.1, 0.15) is 29.7 Å². The molecule has 1 heterocycles. The Kier molecular flexibility index (Phi) is 2.90. The SMILES string of the molecule is BC(F)(P)c1ncc(C(C)C)s1. The molecule has 0 bridgehead atoms. The summed E-state index contributed by atoms with van der Waals surface area (Å²) in [5.41, 5.74) is 0. The molecular weight excluding hydrogens is 191 g/mol. The molecule has 1 aromatic rings. The summed E-state index contributed by atoms with van der Waals surface area (Å²) in [4.78, 5) is 5.17. The van der Waals surface area contributed by atoms with E-state index in [-0.39, 0.29) is 0 Å². The van der Waals surface area contributed by atoms with E-state index < -0.39 is 5.31 Å². The fraction of sp³-hybridized carbons (Fsp3) is 0.571. The van der Waals surface area contributed by atoms with Crippen molar-refractivity contribution < 1.29 is 4.39 Å². The quantitative estimate of drug-likeness (QED) is 0.528. The van der Waals surface area contributed by atoms with Crippen molar-refractivity contribution in [2.75, 3.05) is 0 Å². The molecule has 0 aliphatic rings. The number of aromatic nitrogens is 1. The summed E-state index contributed by atoms with van der Waals surface area (Å²) in [5, 5.41) is -0.839. The number of alkyl halides is 1. The van der Waals surface area contributed by atoms with Gasteiger partial charge in [-0.05, 0) is 5.92 Å². The Hall–Kier alpha value is 0.0549. The summed E-state index contributed by atoms with van der Waals surface area (Å²) >= 11 is 1.44. The Morgan fingerprint density at radius 2 is 2.33 bits per heavy atom. The highest BCUT2D eigenvalue weighted by Crippen LogP contribution is 2.34. The summed E-state index contributed by atoms with van der Waals surface area (Å²) in [6.07, 6.45) is 1.76. The zero-order valence-corrected chi connectivity index (χ0v) is 9.44. The molecule has 1 nitrogen and oxygen atoms in total. The molecule has 1 aromatic heterocycles. The lowest BCUT2D eigenvalue weighted by Crippen LogP contribution is -2.08. The van der Waals surface area contributed by atoms with Crippen LogP contribution in [0, 0.1) is 0 Å². The third kappa shape index (κ3) is 2.27. The second-order valence-electron chi connectivity index (χ2n) is 3.30. The first-order chi connectivity index (χ1) is 5.41.